The molecule has 0 aliphatic heterocycles. The summed E-state index contributed by atoms with van der Waals surface area (Å²) in [5.41, 5.74) is 9.09. The summed E-state index contributed by atoms with van der Waals surface area (Å²) in [5.74, 6) is 0. The summed E-state index contributed by atoms with van der Waals surface area (Å²) < 4.78 is 0.984. The second kappa shape index (κ2) is 6.42. The van der Waals surface area contributed by atoms with Crippen molar-refractivity contribution in [3.8, 4) is 0 Å². The summed E-state index contributed by atoms with van der Waals surface area (Å²) in [5, 5.41) is 0.769. The molecule has 0 saturated heterocycles. The van der Waals surface area contributed by atoms with E-state index in [0.717, 1.165) is 28.3 Å². The number of nitrogens with two attached hydrogens (primary N) is 1. The van der Waals surface area contributed by atoms with Crippen LogP contribution in [-0.4, -0.2) is 11.9 Å². The van der Waals surface area contributed by atoms with E-state index >= 15 is 0 Å². The molecule has 100 valence electrons. The number of nitrogens with zero attached hydrogens (tertiary/aromatic N) is 1. The highest BCUT2D eigenvalue weighted by molar-refractivity contribution is 9.10. The van der Waals surface area contributed by atoms with Crippen molar-refractivity contribution in [2.75, 3.05) is 12.8 Å². The fourth-order valence-electron chi connectivity index (χ4n) is 1.97. The molecule has 2 aromatic carbocycles. The largest absolute Gasteiger partial charge is 0.398 e. The number of halogens is 2. The van der Waals surface area contributed by atoms with Crippen molar-refractivity contribution in [3.63, 3.8) is 0 Å². The number of benzene rings is 2. The molecule has 2 rings (SSSR count). The molecule has 0 spiro atoms. The second-order valence-corrected chi connectivity index (χ2v) is 5.85. The van der Waals surface area contributed by atoms with Crippen LogP contribution in [0.2, 0.25) is 5.02 Å². The zero-order chi connectivity index (χ0) is 13.8. The lowest BCUT2D eigenvalue weighted by atomic mass is 10.1. The van der Waals surface area contributed by atoms with Crippen molar-refractivity contribution in [2.45, 2.75) is 13.1 Å². The first-order valence-electron chi connectivity index (χ1n) is 6.02. The molecule has 19 heavy (non-hydrogen) atoms. The molecule has 0 heterocycles. The molecule has 4 heteroatoms. The van der Waals surface area contributed by atoms with Crippen LogP contribution in [0.4, 0.5) is 5.69 Å². The topological polar surface area (TPSA) is 29.3 Å². The van der Waals surface area contributed by atoms with Crippen LogP contribution in [0.3, 0.4) is 0 Å². The van der Waals surface area contributed by atoms with E-state index in [1.807, 2.05) is 36.4 Å². The van der Waals surface area contributed by atoms with Gasteiger partial charge < -0.3 is 5.73 Å². The third kappa shape index (κ3) is 3.96. The van der Waals surface area contributed by atoms with E-state index in [4.69, 9.17) is 17.3 Å². The first-order chi connectivity index (χ1) is 9.06. The Morgan fingerprint density at radius 3 is 2.47 bits per heavy atom. The Labute approximate surface area is 127 Å². The molecule has 0 aromatic heterocycles. The Hall–Kier alpha value is -1.03. The minimum atomic E-state index is 0.769. The molecule has 0 aliphatic carbocycles. The molecule has 0 unspecified atom stereocenters. The Morgan fingerprint density at radius 1 is 1.11 bits per heavy atom. The third-order valence-corrected chi connectivity index (χ3v) is 4.13. The normalized spacial score (nSPS) is 10.9. The minimum absolute atomic E-state index is 0.769. The van der Waals surface area contributed by atoms with Gasteiger partial charge in [-0.2, -0.15) is 0 Å². The van der Waals surface area contributed by atoms with Crippen LogP contribution in [0, 0.1) is 0 Å². The molecule has 2 aromatic rings. The van der Waals surface area contributed by atoms with Gasteiger partial charge in [0.25, 0.3) is 0 Å². The average Bonchev–Trinajstić information content (AvgIpc) is 2.38. The van der Waals surface area contributed by atoms with Crippen LogP contribution in [0.25, 0.3) is 0 Å². The molecule has 0 saturated carbocycles. The fourth-order valence-corrected chi connectivity index (χ4v) is 2.49. The van der Waals surface area contributed by atoms with Gasteiger partial charge in [0, 0.05) is 28.3 Å². The van der Waals surface area contributed by atoms with Gasteiger partial charge in [-0.25, -0.2) is 0 Å². The van der Waals surface area contributed by atoms with Crippen LogP contribution in [0.15, 0.2) is 46.9 Å². The van der Waals surface area contributed by atoms with Gasteiger partial charge in [-0.05, 0) is 52.3 Å². The molecule has 0 bridgehead atoms. The van der Waals surface area contributed by atoms with Gasteiger partial charge in [0.1, 0.15) is 0 Å². The maximum absolute atomic E-state index is 5.89. The Bertz CT molecular complexity index is 555. The van der Waals surface area contributed by atoms with E-state index in [1.165, 1.54) is 11.1 Å². The zero-order valence-electron chi connectivity index (χ0n) is 10.7. The summed E-state index contributed by atoms with van der Waals surface area (Å²) in [4.78, 5) is 2.24. The minimum Gasteiger partial charge on any atom is -0.398 e. The number of anilines is 1. The van der Waals surface area contributed by atoms with Gasteiger partial charge in [-0.1, -0.05) is 35.9 Å². The van der Waals surface area contributed by atoms with Crippen LogP contribution in [0.5, 0.6) is 0 Å². The first-order valence-corrected chi connectivity index (χ1v) is 7.19. The van der Waals surface area contributed by atoms with Gasteiger partial charge in [0.05, 0.1) is 0 Å². The van der Waals surface area contributed by atoms with Crippen molar-refractivity contribution in [2.24, 2.45) is 0 Å². The fraction of sp³-hybridized carbons (Fsp3) is 0.200. The maximum atomic E-state index is 5.89. The molecule has 0 amide bonds. The van der Waals surface area contributed by atoms with Crippen molar-refractivity contribution >= 4 is 33.2 Å². The summed E-state index contributed by atoms with van der Waals surface area (Å²) >= 11 is 9.42. The Kier molecular flexibility index (Phi) is 4.86. The van der Waals surface area contributed by atoms with Crippen molar-refractivity contribution in [1.82, 2.24) is 4.90 Å². The van der Waals surface area contributed by atoms with E-state index in [2.05, 4.69) is 33.9 Å². The number of hydrogen-bond donors (Lipinski definition) is 1. The average molecular weight is 340 g/mol. The van der Waals surface area contributed by atoms with Crippen LogP contribution in [0.1, 0.15) is 11.1 Å². The highest BCUT2D eigenvalue weighted by Gasteiger charge is 2.07. The quantitative estimate of drug-likeness (QED) is 0.841. The van der Waals surface area contributed by atoms with Gasteiger partial charge in [-0.3, -0.25) is 4.90 Å². The summed E-state index contributed by atoms with van der Waals surface area (Å²) in [6.07, 6.45) is 0. The standard InChI is InChI=1S/C15H16BrClN2/c1-19(9-11-5-7-13(17)8-6-11)10-12-3-2-4-14(18)15(12)16/h2-8H,9-10,18H2,1H3. The van der Waals surface area contributed by atoms with Crippen molar-refractivity contribution in [3.05, 3.63) is 63.1 Å². The lowest BCUT2D eigenvalue weighted by Crippen LogP contribution is -2.17. The third-order valence-electron chi connectivity index (χ3n) is 2.91. The molecule has 0 fully saturated rings. The Balaban J connectivity index is 2.03. The molecular weight excluding hydrogens is 324 g/mol. The van der Waals surface area contributed by atoms with Crippen molar-refractivity contribution in [1.29, 1.82) is 0 Å². The lowest BCUT2D eigenvalue weighted by Gasteiger charge is -2.18. The maximum Gasteiger partial charge on any atom is 0.0461 e. The van der Waals surface area contributed by atoms with Crippen LogP contribution in [-0.2, 0) is 13.1 Å². The van der Waals surface area contributed by atoms with Gasteiger partial charge in [0.2, 0.25) is 0 Å². The van der Waals surface area contributed by atoms with Gasteiger partial charge >= 0.3 is 0 Å². The molecule has 2 nitrogen and oxygen atoms in total. The van der Waals surface area contributed by atoms with Crippen LogP contribution < -0.4 is 5.73 Å². The molecule has 0 aliphatic rings. The monoisotopic (exact) mass is 338 g/mol. The van der Waals surface area contributed by atoms with E-state index in [9.17, 15) is 0 Å². The summed E-state index contributed by atoms with van der Waals surface area (Å²) in [7, 11) is 2.09. The number of rotatable bonds is 4. The lowest BCUT2D eigenvalue weighted by molar-refractivity contribution is 0.318. The Morgan fingerprint density at radius 2 is 1.79 bits per heavy atom. The molecule has 0 atom stereocenters. The van der Waals surface area contributed by atoms with E-state index in [-0.39, 0.29) is 0 Å². The molecule has 0 radical (unpaired) electrons. The number of hydrogen-bond acceptors (Lipinski definition) is 2. The number of nitrogen functional groups attached to an aromatic ring is 1. The van der Waals surface area contributed by atoms with Crippen molar-refractivity contribution < 1.29 is 0 Å². The van der Waals surface area contributed by atoms with E-state index in [1.54, 1.807) is 0 Å². The molecular formula is C15H16BrClN2. The summed E-state index contributed by atoms with van der Waals surface area (Å²) in [6.45, 7) is 1.71. The van der Waals surface area contributed by atoms with Gasteiger partial charge in [-0.15, -0.1) is 0 Å². The second-order valence-electron chi connectivity index (χ2n) is 4.62. The SMILES string of the molecule is CN(Cc1ccc(Cl)cc1)Cc1cccc(N)c1Br. The first kappa shape index (κ1) is 14.4. The highest BCUT2D eigenvalue weighted by atomic mass is 79.9. The predicted octanol–water partition coefficient (Wildman–Crippen LogP) is 4.32. The summed E-state index contributed by atoms with van der Waals surface area (Å²) in [6, 6.07) is 13.9. The van der Waals surface area contributed by atoms with Crippen LogP contribution >= 0.6 is 27.5 Å². The highest BCUT2D eigenvalue weighted by Crippen LogP contribution is 2.25. The van der Waals surface area contributed by atoms with E-state index in [0.29, 0.717) is 0 Å². The molecule has 2 N–H and O–H groups in total. The zero-order valence-corrected chi connectivity index (χ0v) is 13.1. The smallest absolute Gasteiger partial charge is 0.0461 e. The van der Waals surface area contributed by atoms with Gasteiger partial charge in [0.15, 0.2) is 0 Å². The predicted molar refractivity (Wildman–Crippen MR) is 85.2 cm³/mol. The van der Waals surface area contributed by atoms with E-state index < -0.39 is 0 Å².